The van der Waals surface area contributed by atoms with Gasteiger partial charge in [-0.15, -0.1) is 0 Å². The Morgan fingerprint density at radius 3 is 2.23 bits per heavy atom. The molecule has 1 unspecified atom stereocenters. The lowest BCUT2D eigenvalue weighted by molar-refractivity contribution is -0.754. The van der Waals surface area contributed by atoms with Gasteiger partial charge in [-0.05, 0) is 58.6 Å². The first-order valence-electron chi connectivity index (χ1n) is 12.0. The number of carbonyl (C=O) groups excluding carboxylic acids is 2. The van der Waals surface area contributed by atoms with Gasteiger partial charge in [0.25, 0.3) is 9.58 Å². The van der Waals surface area contributed by atoms with Crippen molar-refractivity contribution in [3.8, 4) is 0 Å². The molecule has 0 fully saturated rings. The third kappa shape index (κ3) is 7.17. The minimum Gasteiger partial charge on any atom is -0.443 e. The molecule has 2 heterocycles. The zero-order chi connectivity index (χ0) is 30.0. The number of nitrogens with two attached hydrogens (primary N) is 1. The van der Waals surface area contributed by atoms with Crippen LogP contribution in [0.1, 0.15) is 53.4 Å². The molecule has 0 aliphatic carbocycles. The third-order valence-corrected chi connectivity index (χ3v) is 7.88. The largest absolute Gasteiger partial charge is 0.516 e. The summed E-state index contributed by atoms with van der Waals surface area (Å²) >= 11 is 17.9. The zero-order valence-electron chi connectivity index (χ0n) is 21.8. The fourth-order valence-electron chi connectivity index (χ4n) is 4.25. The number of ether oxygens (including phenoxy) is 1. The summed E-state index contributed by atoms with van der Waals surface area (Å²) < 4.78 is 66.0. The van der Waals surface area contributed by atoms with Crippen molar-refractivity contribution >= 4 is 62.5 Å². The molecule has 0 radical (unpaired) electrons. The molecular weight excluding hydrogens is 608 g/mol. The number of carbonyl (C=O) groups is 2. The summed E-state index contributed by atoms with van der Waals surface area (Å²) in [6, 6.07) is 0. The first kappa shape index (κ1) is 33.6. The van der Waals surface area contributed by atoms with Crippen molar-refractivity contribution in [2.24, 2.45) is 10.7 Å². The number of hydrogen-bond donors (Lipinski definition) is 1. The van der Waals surface area contributed by atoms with Gasteiger partial charge in [0.2, 0.25) is 11.5 Å². The quantitative estimate of drug-likeness (QED) is 0.193. The Morgan fingerprint density at radius 2 is 1.74 bits per heavy atom. The SMILES string of the molecule is CCC1=C(C(=O)C(Cl)(Cl)Cl)[N+]2(CCCCCN(C(=O)OC(C)(C)C)S(=O)(=O)C(F)(F)F)C(CN)=CC=CC2=N1. The number of amidine groups is 1. The number of quaternary nitrogens is 1. The maximum atomic E-state index is 13.3. The smallest absolute Gasteiger partial charge is 0.443 e. The van der Waals surface area contributed by atoms with Crippen LogP contribution in [-0.2, 0) is 19.6 Å². The third-order valence-electron chi connectivity index (χ3n) is 5.87. The number of unbranched alkanes of at least 4 members (excludes halogenated alkanes) is 2. The number of nitrogens with zero attached hydrogens (tertiary/aromatic N) is 3. The van der Waals surface area contributed by atoms with Gasteiger partial charge >= 0.3 is 21.6 Å². The highest BCUT2D eigenvalue weighted by Crippen LogP contribution is 2.44. The van der Waals surface area contributed by atoms with Crippen LogP contribution in [-0.4, -0.2) is 69.5 Å². The molecule has 0 aromatic carbocycles. The van der Waals surface area contributed by atoms with E-state index in [2.05, 4.69) is 4.99 Å². The van der Waals surface area contributed by atoms with Crippen molar-refractivity contribution in [2.75, 3.05) is 19.6 Å². The highest BCUT2D eigenvalue weighted by atomic mass is 35.6. The first-order chi connectivity index (χ1) is 17.7. The van der Waals surface area contributed by atoms with Crippen LogP contribution in [0.3, 0.4) is 0 Å². The molecule has 39 heavy (non-hydrogen) atoms. The Bertz CT molecular complexity index is 1220. The molecule has 2 aliphatic heterocycles. The van der Waals surface area contributed by atoms with E-state index >= 15 is 0 Å². The molecule has 9 nitrogen and oxygen atoms in total. The number of ketones is 1. The molecule has 2 aliphatic rings. The van der Waals surface area contributed by atoms with E-state index in [9.17, 15) is 31.2 Å². The monoisotopic (exact) mass is 637 g/mol. The van der Waals surface area contributed by atoms with Crippen LogP contribution in [0, 0.1) is 0 Å². The van der Waals surface area contributed by atoms with Gasteiger partial charge in [-0.3, -0.25) is 4.79 Å². The van der Waals surface area contributed by atoms with E-state index in [0.29, 0.717) is 23.7 Å². The standard InChI is InChI=1S/C23H31Cl3F3N4O5S/c1-5-16-18(19(34)22(24,25)26)33(15(14-30)10-9-11-17(33)31-16)13-8-6-7-12-32(20(35)38-21(2,3)4)39(36,37)23(27,28)29/h9-11H,5-8,12-14,30H2,1-4H3/q+1. The fraction of sp³-hybridized carbons (Fsp3) is 0.609. The van der Waals surface area contributed by atoms with Crippen LogP contribution in [0.15, 0.2) is 40.3 Å². The average Bonchev–Trinajstić information content (AvgIpc) is 3.11. The molecule has 1 amide bonds. The molecule has 2 rings (SSSR count). The zero-order valence-corrected chi connectivity index (χ0v) is 24.9. The second-order valence-electron chi connectivity index (χ2n) is 9.76. The second-order valence-corrected chi connectivity index (χ2v) is 13.9. The van der Waals surface area contributed by atoms with Gasteiger partial charge in [-0.1, -0.05) is 41.7 Å². The second kappa shape index (κ2) is 12.1. The summed E-state index contributed by atoms with van der Waals surface area (Å²) in [6.07, 6.45) is 4.12. The average molecular weight is 639 g/mol. The van der Waals surface area contributed by atoms with E-state index in [1.807, 2.05) is 0 Å². The summed E-state index contributed by atoms with van der Waals surface area (Å²) in [5.41, 5.74) is 0.196. The van der Waals surface area contributed by atoms with E-state index in [4.69, 9.17) is 45.3 Å². The van der Waals surface area contributed by atoms with Gasteiger partial charge in [0.1, 0.15) is 17.0 Å². The van der Waals surface area contributed by atoms with Crippen molar-refractivity contribution in [3.63, 3.8) is 0 Å². The molecule has 0 aromatic heterocycles. The molecule has 0 bridgehead atoms. The Hall–Kier alpha value is -1.64. The van der Waals surface area contributed by atoms with Crippen LogP contribution < -0.4 is 5.73 Å². The van der Waals surface area contributed by atoms with Crippen molar-refractivity contribution in [2.45, 2.75) is 68.3 Å². The van der Waals surface area contributed by atoms with Crippen LogP contribution in [0.2, 0.25) is 0 Å². The first-order valence-corrected chi connectivity index (χ1v) is 14.5. The van der Waals surface area contributed by atoms with E-state index in [-0.39, 0.29) is 46.8 Å². The predicted molar refractivity (Wildman–Crippen MR) is 143 cm³/mol. The van der Waals surface area contributed by atoms with Gasteiger partial charge in [-0.25, -0.2) is 9.28 Å². The molecule has 0 spiro atoms. The Morgan fingerprint density at radius 1 is 1.13 bits per heavy atom. The van der Waals surface area contributed by atoms with Crippen LogP contribution in [0.4, 0.5) is 18.0 Å². The minimum atomic E-state index is -5.99. The van der Waals surface area contributed by atoms with Crippen molar-refractivity contribution in [1.82, 2.24) is 4.31 Å². The number of halogens is 6. The molecule has 1 atom stereocenters. The van der Waals surface area contributed by atoms with E-state index in [1.54, 1.807) is 25.2 Å². The summed E-state index contributed by atoms with van der Waals surface area (Å²) in [5.74, 6) is -0.326. The number of fused-ring (bicyclic) bond motifs is 1. The fourth-order valence-corrected chi connectivity index (χ4v) is 5.37. The highest BCUT2D eigenvalue weighted by molar-refractivity contribution is 7.90. The maximum Gasteiger partial charge on any atom is 0.516 e. The summed E-state index contributed by atoms with van der Waals surface area (Å²) in [6.45, 7) is 5.39. The lowest BCUT2D eigenvalue weighted by atomic mass is 10.0. The van der Waals surface area contributed by atoms with Gasteiger partial charge < -0.3 is 10.5 Å². The lowest BCUT2D eigenvalue weighted by Crippen LogP contribution is -2.55. The summed E-state index contributed by atoms with van der Waals surface area (Å²) in [4.78, 5) is 30.2. The number of hydrogen-bond acceptors (Lipinski definition) is 7. The number of amides is 1. The van der Waals surface area contributed by atoms with E-state index < -0.39 is 43.3 Å². The van der Waals surface area contributed by atoms with Gasteiger partial charge in [0.15, 0.2) is 0 Å². The van der Waals surface area contributed by atoms with Crippen molar-refractivity contribution in [1.29, 1.82) is 0 Å². The highest BCUT2D eigenvalue weighted by Gasteiger charge is 2.55. The molecule has 0 saturated heterocycles. The molecule has 0 aromatic rings. The molecule has 2 N–H and O–H groups in total. The summed E-state index contributed by atoms with van der Waals surface area (Å²) in [7, 11) is -5.99. The number of alkyl halides is 6. The van der Waals surface area contributed by atoms with Crippen molar-refractivity contribution in [3.05, 3.63) is 35.3 Å². The topological polar surface area (TPSA) is 119 Å². The predicted octanol–water partition coefficient (Wildman–Crippen LogP) is 5.45. The number of allylic oxidation sites excluding steroid dienone is 4. The number of rotatable bonds is 10. The molecular formula is C23H31Cl3F3N4O5S+. The van der Waals surface area contributed by atoms with Gasteiger partial charge in [0, 0.05) is 12.6 Å². The summed E-state index contributed by atoms with van der Waals surface area (Å²) in [5, 5.41) is 0. The van der Waals surface area contributed by atoms with Crippen LogP contribution in [0.25, 0.3) is 0 Å². The molecule has 16 heteroatoms. The van der Waals surface area contributed by atoms with E-state index in [0.717, 1.165) is 0 Å². The van der Waals surface area contributed by atoms with E-state index in [1.165, 1.54) is 20.8 Å². The van der Waals surface area contributed by atoms with Gasteiger partial charge in [0.05, 0.1) is 13.1 Å². The van der Waals surface area contributed by atoms with Crippen LogP contribution >= 0.6 is 34.8 Å². The number of sulfonamides is 1. The Balaban J connectivity index is 2.31. The lowest BCUT2D eigenvalue weighted by Gasteiger charge is -2.38. The van der Waals surface area contributed by atoms with Crippen LogP contribution in [0.5, 0.6) is 0 Å². The number of aliphatic imine (C=N–C) groups is 1. The normalized spacial score (nSPS) is 20.0. The molecule has 220 valence electrons. The minimum absolute atomic E-state index is 0.0211. The Labute approximate surface area is 240 Å². The Kier molecular flexibility index (Phi) is 10.4. The molecule has 0 saturated carbocycles. The number of Topliss-reactive ketones (excluding diaryl/α,β-unsaturated/α-hetero) is 1. The maximum absolute atomic E-state index is 13.3. The van der Waals surface area contributed by atoms with Crippen molar-refractivity contribution < 1.29 is 40.4 Å². The van der Waals surface area contributed by atoms with Gasteiger partial charge in [-0.2, -0.15) is 30.9 Å².